The molecule has 1 aliphatic heterocycles. The highest BCUT2D eigenvalue weighted by molar-refractivity contribution is 7.09. The maximum atomic E-state index is 12.3. The molecule has 0 unspecified atom stereocenters. The van der Waals surface area contributed by atoms with Crippen LogP contribution in [0.1, 0.15) is 29.2 Å². The first-order valence-corrected chi connectivity index (χ1v) is 10.6. The van der Waals surface area contributed by atoms with Crippen LogP contribution in [0.3, 0.4) is 0 Å². The van der Waals surface area contributed by atoms with Crippen LogP contribution in [0.4, 0.5) is 11.4 Å². The molecule has 1 N–H and O–H groups in total. The van der Waals surface area contributed by atoms with Crippen LogP contribution < -0.4 is 10.2 Å². The lowest BCUT2D eigenvalue weighted by Crippen LogP contribution is -2.18. The Morgan fingerprint density at radius 2 is 1.86 bits per heavy atom. The van der Waals surface area contributed by atoms with Crippen molar-refractivity contribution in [3.63, 3.8) is 0 Å². The topological polar surface area (TPSA) is 58.1 Å². The maximum absolute atomic E-state index is 12.3. The number of nitrogens with one attached hydrogen (secondary N) is 1. The summed E-state index contributed by atoms with van der Waals surface area (Å²) in [6.45, 7) is 2.25. The third-order valence-corrected chi connectivity index (χ3v) is 5.84. The van der Waals surface area contributed by atoms with Gasteiger partial charge in [0.1, 0.15) is 0 Å². The van der Waals surface area contributed by atoms with Crippen molar-refractivity contribution in [2.24, 2.45) is 0 Å². The Morgan fingerprint density at radius 1 is 1.04 bits per heavy atom. The third-order valence-electron chi connectivity index (χ3n) is 4.88. The molecule has 28 heavy (non-hydrogen) atoms. The van der Waals surface area contributed by atoms with E-state index in [9.17, 15) is 4.79 Å². The van der Waals surface area contributed by atoms with Gasteiger partial charge in [0.15, 0.2) is 0 Å². The standard InChI is InChI=1S/C22H24N4OS/c27-21(24-18-6-9-20(10-7-18)26-13-3-4-14-26)15-19-16-28-22(25-19)11-8-17-5-1-2-12-23-17/h1-2,5-7,9-10,12,16H,3-4,8,11,13-15H2,(H,24,27). The van der Waals surface area contributed by atoms with Crippen LogP contribution in [0.15, 0.2) is 54.0 Å². The first kappa shape index (κ1) is 18.6. The second kappa shape index (κ2) is 8.97. The number of pyridine rings is 1. The van der Waals surface area contributed by atoms with Gasteiger partial charge < -0.3 is 10.2 Å². The minimum Gasteiger partial charge on any atom is -0.372 e. The second-order valence-corrected chi connectivity index (χ2v) is 7.96. The number of benzene rings is 1. The van der Waals surface area contributed by atoms with E-state index in [2.05, 4.69) is 32.3 Å². The van der Waals surface area contributed by atoms with E-state index in [4.69, 9.17) is 0 Å². The lowest BCUT2D eigenvalue weighted by atomic mass is 10.2. The quantitative estimate of drug-likeness (QED) is 0.658. The molecule has 1 aromatic carbocycles. The molecule has 6 heteroatoms. The molecule has 0 saturated carbocycles. The number of thiazole rings is 1. The van der Waals surface area contributed by atoms with Crippen molar-refractivity contribution in [2.45, 2.75) is 32.1 Å². The summed E-state index contributed by atoms with van der Waals surface area (Å²) in [6.07, 6.45) is 6.34. The molecule has 1 amide bonds. The van der Waals surface area contributed by atoms with E-state index in [1.165, 1.54) is 18.5 Å². The predicted octanol–water partition coefficient (Wildman–Crippen LogP) is 4.10. The van der Waals surface area contributed by atoms with Crippen molar-refractivity contribution in [1.82, 2.24) is 9.97 Å². The molecular formula is C22H24N4OS. The number of nitrogens with zero attached hydrogens (tertiary/aromatic N) is 3. The van der Waals surface area contributed by atoms with Crippen molar-refractivity contribution in [1.29, 1.82) is 0 Å². The van der Waals surface area contributed by atoms with Gasteiger partial charge in [-0.1, -0.05) is 6.07 Å². The Morgan fingerprint density at radius 3 is 2.61 bits per heavy atom. The summed E-state index contributed by atoms with van der Waals surface area (Å²) in [6, 6.07) is 14.1. The summed E-state index contributed by atoms with van der Waals surface area (Å²) in [5, 5.41) is 5.99. The molecule has 5 nitrogen and oxygen atoms in total. The first-order chi connectivity index (χ1) is 13.8. The lowest BCUT2D eigenvalue weighted by Gasteiger charge is -2.17. The molecule has 0 atom stereocenters. The summed E-state index contributed by atoms with van der Waals surface area (Å²) in [5.41, 5.74) is 3.95. The predicted molar refractivity (Wildman–Crippen MR) is 114 cm³/mol. The van der Waals surface area contributed by atoms with Crippen LogP contribution in [0.5, 0.6) is 0 Å². The van der Waals surface area contributed by atoms with Gasteiger partial charge >= 0.3 is 0 Å². The zero-order chi connectivity index (χ0) is 19.2. The van der Waals surface area contributed by atoms with Gasteiger partial charge in [0.05, 0.1) is 17.1 Å². The SMILES string of the molecule is O=C(Cc1csc(CCc2ccccn2)n1)Nc1ccc(N2CCCC2)cc1. The molecular weight excluding hydrogens is 368 g/mol. The van der Waals surface area contributed by atoms with Crippen molar-refractivity contribution in [3.05, 3.63) is 70.4 Å². The number of hydrogen-bond donors (Lipinski definition) is 1. The van der Waals surface area contributed by atoms with Crippen LogP contribution in [0, 0.1) is 0 Å². The fourth-order valence-electron chi connectivity index (χ4n) is 3.43. The van der Waals surface area contributed by atoms with Crippen LogP contribution in [-0.4, -0.2) is 29.0 Å². The molecule has 4 rings (SSSR count). The minimum atomic E-state index is -0.0319. The van der Waals surface area contributed by atoms with E-state index in [-0.39, 0.29) is 5.91 Å². The normalized spacial score (nSPS) is 13.6. The molecule has 3 aromatic rings. The Bertz CT molecular complexity index is 902. The number of carbonyl (C=O) groups is 1. The van der Waals surface area contributed by atoms with Crippen molar-refractivity contribution in [2.75, 3.05) is 23.3 Å². The number of aromatic nitrogens is 2. The summed E-state index contributed by atoms with van der Waals surface area (Å²) in [4.78, 5) is 23.7. The van der Waals surface area contributed by atoms with E-state index in [1.807, 2.05) is 41.9 Å². The van der Waals surface area contributed by atoms with Gasteiger partial charge in [-0.3, -0.25) is 9.78 Å². The van der Waals surface area contributed by atoms with E-state index in [1.54, 1.807) is 11.3 Å². The Hall–Kier alpha value is -2.73. The molecule has 2 aromatic heterocycles. The van der Waals surface area contributed by atoms with Gasteiger partial charge in [-0.25, -0.2) is 4.98 Å². The Balaban J connectivity index is 1.27. The fourth-order valence-corrected chi connectivity index (χ4v) is 4.22. The highest BCUT2D eigenvalue weighted by Crippen LogP contribution is 2.22. The van der Waals surface area contributed by atoms with Crippen molar-refractivity contribution < 1.29 is 4.79 Å². The maximum Gasteiger partial charge on any atom is 0.230 e. The van der Waals surface area contributed by atoms with Crippen LogP contribution in [0.2, 0.25) is 0 Å². The minimum absolute atomic E-state index is 0.0319. The fraction of sp³-hybridized carbons (Fsp3) is 0.318. The van der Waals surface area contributed by atoms with Gasteiger partial charge in [-0.15, -0.1) is 11.3 Å². The van der Waals surface area contributed by atoms with Gasteiger partial charge in [-0.2, -0.15) is 0 Å². The Kier molecular flexibility index (Phi) is 5.97. The summed E-state index contributed by atoms with van der Waals surface area (Å²) < 4.78 is 0. The molecule has 1 fully saturated rings. The molecule has 0 bridgehead atoms. The third kappa shape index (κ3) is 4.95. The number of hydrogen-bond acceptors (Lipinski definition) is 5. The number of rotatable bonds is 7. The van der Waals surface area contributed by atoms with Gasteiger partial charge in [-0.05, 0) is 55.7 Å². The number of amides is 1. The second-order valence-electron chi connectivity index (χ2n) is 7.02. The lowest BCUT2D eigenvalue weighted by molar-refractivity contribution is -0.115. The number of aryl methyl sites for hydroxylation is 2. The molecule has 0 spiro atoms. The summed E-state index contributed by atoms with van der Waals surface area (Å²) >= 11 is 1.61. The average molecular weight is 393 g/mol. The van der Waals surface area contributed by atoms with E-state index in [0.717, 1.165) is 48.0 Å². The molecule has 0 radical (unpaired) electrons. The molecule has 144 valence electrons. The average Bonchev–Trinajstić information content (AvgIpc) is 3.40. The largest absolute Gasteiger partial charge is 0.372 e. The van der Waals surface area contributed by atoms with Crippen LogP contribution >= 0.6 is 11.3 Å². The molecule has 3 heterocycles. The summed E-state index contributed by atoms with van der Waals surface area (Å²) in [5.74, 6) is -0.0319. The van der Waals surface area contributed by atoms with E-state index in [0.29, 0.717) is 6.42 Å². The highest BCUT2D eigenvalue weighted by atomic mass is 32.1. The van der Waals surface area contributed by atoms with Crippen molar-refractivity contribution in [3.8, 4) is 0 Å². The zero-order valence-electron chi connectivity index (χ0n) is 15.8. The highest BCUT2D eigenvalue weighted by Gasteiger charge is 2.13. The number of anilines is 2. The molecule has 1 aliphatic rings. The Labute approximate surface area is 169 Å². The van der Waals surface area contributed by atoms with Crippen molar-refractivity contribution >= 4 is 28.6 Å². The van der Waals surface area contributed by atoms with Crippen LogP contribution in [0.25, 0.3) is 0 Å². The van der Waals surface area contributed by atoms with Gasteiger partial charge in [0, 0.05) is 48.2 Å². The monoisotopic (exact) mass is 392 g/mol. The van der Waals surface area contributed by atoms with Crippen LogP contribution in [-0.2, 0) is 24.1 Å². The first-order valence-electron chi connectivity index (χ1n) is 9.74. The molecule has 1 saturated heterocycles. The number of carbonyl (C=O) groups excluding carboxylic acids is 1. The smallest absolute Gasteiger partial charge is 0.230 e. The van der Waals surface area contributed by atoms with Gasteiger partial charge in [0.2, 0.25) is 5.91 Å². The van der Waals surface area contributed by atoms with E-state index >= 15 is 0 Å². The molecule has 0 aliphatic carbocycles. The zero-order valence-corrected chi connectivity index (χ0v) is 16.6. The summed E-state index contributed by atoms with van der Waals surface area (Å²) in [7, 11) is 0. The van der Waals surface area contributed by atoms with Gasteiger partial charge in [0.25, 0.3) is 0 Å². The van der Waals surface area contributed by atoms with E-state index < -0.39 is 0 Å².